The molecule has 0 aliphatic heterocycles. The summed E-state index contributed by atoms with van der Waals surface area (Å²) in [6, 6.07) is 16.0. The zero-order valence-electron chi connectivity index (χ0n) is 18.8. The number of carbonyl (C=O) groups is 2. The average Bonchev–Trinajstić information content (AvgIpc) is 2.83. The standard InChI is InChI=1S/C26H19BrCl2N2O5/c1-2-35-23-10-15(9-21(27)24(23)36-14-17-6-7-19(28)12-22(17)29)8-18(13-30)25(32)31-20-5-3-4-16(11-20)26(33)34/h3-12H,2,14H2,1H3,(H,31,32)(H,33,34)/b18-8-. The summed E-state index contributed by atoms with van der Waals surface area (Å²) >= 11 is 15.7. The minimum atomic E-state index is -1.13. The zero-order chi connectivity index (χ0) is 26.2. The molecule has 0 aliphatic rings. The first-order valence-electron chi connectivity index (χ1n) is 10.5. The van der Waals surface area contributed by atoms with Crippen LogP contribution in [0.3, 0.4) is 0 Å². The molecule has 10 heteroatoms. The predicted molar refractivity (Wildman–Crippen MR) is 142 cm³/mol. The number of carboxylic acid groups (broad SMARTS) is 1. The summed E-state index contributed by atoms with van der Waals surface area (Å²) in [5.74, 6) is -0.994. The highest BCUT2D eigenvalue weighted by Gasteiger charge is 2.16. The van der Waals surface area contributed by atoms with Crippen LogP contribution >= 0.6 is 39.1 Å². The number of nitrogens with zero attached hydrogens (tertiary/aromatic N) is 1. The maximum absolute atomic E-state index is 12.7. The molecule has 1 amide bonds. The first-order valence-corrected chi connectivity index (χ1v) is 12.1. The van der Waals surface area contributed by atoms with Gasteiger partial charge in [0.15, 0.2) is 11.5 Å². The molecule has 0 fully saturated rings. The van der Waals surface area contributed by atoms with Crippen molar-refractivity contribution in [3.05, 3.63) is 91.4 Å². The molecule has 0 saturated heterocycles. The van der Waals surface area contributed by atoms with Crippen LogP contribution in [0.1, 0.15) is 28.4 Å². The summed E-state index contributed by atoms with van der Waals surface area (Å²) in [5, 5.41) is 22.2. The largest absolute Gasteiger partial charge is 0.490 e. The highest BCUT2D eigenvalue weighted by atomic mass is 79.9. The quantitative estimate of drug-likeness (QED) is 0.206. The number of anilines is 1. The Hall–Kier alpha value is -3.51. The number of hydrogen-bond donors (Lipinski definition) is 2. The van der Waals surface area contributed by atoms with Crippen molar-refractivity contribution in [2.45, 2.75) is 13.5 Å². The van der Waals surface area contributed by atoms with Crippen LogP contribution in [0.25, 0.3) is 6.08 Å². The predicted octanol–water partition coefficient (Wildman–Crippen LogP) is 6.98. The van der Waals surface area contributed by atoms with Crippen molar-refractivity contribution < 1.29 is 24.2 Å². The molecule has 0 atom stereocenters. The summed E-state index contributed by atoms with van der Waals surface area (Å²) in [4.78, 5) is 23.8. The Bertz CT molecular complexity index is 1390. The number of ether oxygens (including phenoxy) is 2. The van der Waals surface area contributed by atoms with Gasteiger partial charge < -0.3 is 19.9 Å². The summed E-state index contributed by atoms with van der Waals surface area (Å²) in [7, 11) is 0. The molecule has 3 aromatic rings. The third-order valence-electron chi connectivity index (χ3n) is 4.76. The SMILES string of the molecule is CCOc1cc(/C=C(/C#N)C(=O)Nc2cccc(C(=O)O)c2)cc(Br)c1OCc1ccc(Cl)cc1Cl. The molecule has 0 spiro atoms. The highest BCUT2D eigenvalue weighted by molar-refractivity contribution is 9.10. The van der Waals surface area contributed by atoms with E-state index in [2.05, 4.69) is 21.2 Å². The van der Waals surface area contributed by atoms with Gasteiger partial charge >= 0.3 is 5.97 Å². The van der Waals surface area contributed by atoms with Gasteiger partial charge in [0.25, 0.3) is 5.91 Å². The smallest absolute Gasteiger partial charge is 0.335 e. The van der Waals surface area contributed by atoms with Crippen LogP contribution in [0.5, 0.6) is 11.5 Å². The maximum atomic E-state index is 12.7. The van der Waals surface area contributed by atoms with Crippen molar-refractivity contribution in [2.24, 2.45) is 0 Å². The van der Waals surface area contributed by atoms with Crippen molar-refractivity contribution in [3.8, 4) is 17.6 Å². The molecule has 0 radical (unpaired) electrons. The first kappa shape index (κ1) is 27.1. The molecule has 3 aromatic carbocycles. The molecular formula is C26H19BrCl2N2O5. The van der Waals surface area contributed by atoms with E-state index < -0.39 is 11.9 Å². The lowest BCUT2D eigenvalue weighted by atomic mass is 10.1. The lowest BCUT2D eigenvalue weighted by Gasteiger charge is -2.15. The lowest BCUT2D eigenvalue weighted by Crippen LogP contribution is -2.14. The van der Waals surface area contributed by atoms with E-state index in [4.69, 9.17) is 37.8 Å². The fourth-order valence-electron chi connectivity index (χ4n) is 3.11. The van der Waals surface area contributed by atoms with Crippen LogP contribution in [0, 0.1) is 11.3 Å². The van der Waals surface area contributed by atoms with E-state index in [1.54, 1.807) is 30.3 Å². The van der Waals surface area contributed by atoms with Gasteiger partial charge in [0, 0.05) is 21.3 Å². The summed E-state index contributed by atoms with van der Waals surface area (Å²) in [6.45, 7) is 2.32. The Morgan fingerprint density at radius 1 is 1.14 bits per heavy atom. The molecule has 2 N–H and O–H groups in total. The van der Waals surface area contributed by atoms with Gasteiger partial charge in [-0.05, 0) is 77.0 Å². The third-order valence-corrected chi connectivity index (χ3v) is 5.94. The van der Waals surface area contributed by atoms with Crippen molar-refractivity contribution >= 4 is 62.8 Å². The summed E-state index contributed by atoms with van der Waals surface area (Å²) in [6.07, 6.45) is 1.39. The van der Waals surface area contributed by atoms with Gasteiger partial charge in [-0.2, -0.15) is 5.26 Å². The molecule has 0 saturated carbocycles. The van der Waals surface area contributed by atoms with Crippen molar-refractivity contribution in [1.29, 1.82) is 5.26 Å². The third kappa shape index (κ3) is 7.01. The van der Waals surface area contributed by atoms with Crippen molar-refractivity contribution in [3.63, 3.8) is 0 Å². The van der Waals surface area contributed by atoms with Crippen molar-refractivity contribution in [2.75, 3.05) is 11.9 Å². The van der Waals surface area contributed by atoms with Crippen molar-refractivity contribution in [1.82, 2.24) is 0 Å². The number of nitriles is 1. The van der Waals surface area contributed by atoms with Gasteiger partial charge in [0.1, 0.15) is 18.2 Å². The van der Waals surface area contributed by atoms with Crippen LogP contribution in [-0.2, 0) is 11.4 Å². The Morgan fingerprint density at radius 2 is 1.92 bits per heavy atom. The molecular weight excluding hydrogens is 571 g/mol. The molecule has 184 valence electrons. The van der Waals surface area contributed by atoms with Gasteiger partial charge in [-0.15, -0.1) is 0 Å². The number of nitrogens with one attached hydrogen (secondary N) is 1. The molecule has 0 unspecified atom stereocenters. The Labute approximate surface area is 226 Å². The Balaban J connectivity index is 1.85. The summed E-state index contributed by atoms with van der Waals surface area (Å²) < 4.78 is 12.2. The van der Waals surface area contributed by atoms with Crippen LogP contribution in [-0.4, -0.2) is 23.6 Å². The second-order valence-corrected chi connectivity index (χ2v) is 9.00. The van der Waals surface area contributed by atoms with E-state index in [-0.39, 0.29) is 23.4 Å². The number of carboxylic acids is 1. The number of amides is 1. The van der Waals surface area contributed by atoms with E-state index in [0.29, 0.717) is 38.2 Å². The van der Waals surface area contributed by atoms with Gasteiger partial charge in [-0.1, -0.05) is 35.3 Å². The van der Waals surface area contributed by atoms with E-state index >= 15 is 0 Å². The number of halogens is 3. The van der Waals surface area contributed by atoms with E-state index in [1.807, 2.05) is 13.0 Å². The maximum Gasteiger partial charge on any atom is 0.335 e. The zero-order valence-corrected chi connectivity index (χ0v) is 21.9. The molecule has 0 aliphatic carbocycles. The van der Waals surface area contributed by atoms with Gasteiger partial charge in [-0.3, -0.25) is 4.79 Å². The van der Waals surface area contributed by atoms with Gasteiger partial charge in [0.2, 0.25) is 0 Å². The number of benzene rings is 3. The highest BCUT2D eigenvalue weighted by Crippen LogP contribution is 2.38. The van der Waals surface area contributed by atoms with Crippen LogP contribution in [0.4, 0.5) is 5.69 Å². The lowest BCUT2D eigenvalue weighted by molar-refractivity contribution is -0.112. The van der Waals surface area contributed by atoms with Gasteiger partial charge in [0.05, 0.1) is 16.6 Å². The van der Waals surface area contributed by atoms with E-state index in [9.17, 15) is 14.9 Å². The normalized spacial score (nSPS) is 10.9. The van der Waals surface area contributed by atoms with Crippen LogP contribution < -0.4 is 14.8 Å². The minimum Gasteiger partial charge on any atom is -0.490 e. The fourth-order valence-corrected chi connectivity index (χ4v) is 4.14. The second kappa shape index (κ2) is 12.5. The molecule has 36 heavy (non-hydrogen) atoms. The topological polar surface area (TPSA) is 109 Å². The number of aromatic carboxylic acids is 1. The monoisotopic (exact) mass is 588 g/mol. The average molecular weight is 590 g/mol. The number of carbonyl (C=O) groups excluding carboxylic acids is 1. The fraction of sp³-hybridized carbons (Fsp3) is 0.115. The molecule has 3 rings (SSSR count). The Kier molecular flexibility index (Phi) is 9.37. The number of rotatable bonds is 9. The molecule has 0 heterocycles. The van der Waals surface area contributed by atoms with Crippen LogP contribution in [0.15, 0.2) is 64.6 Å². The van der Waals surface area contributed by atoms with E-state index in [1.165, 1.54) is 30.3 Å². The molecule has 0 aromatic heterocycles. The van der Waals surface area contributed by atoms with Crippen LogP contribution in [0.2, 0.25) is 10.0 Å². The Morgan fingerprint density at radius 3 is 2.58 bits per heavy atom. The first-order chi connectivity index (χ1) is 17.2. The molecule has 0 bridgehead atoms. The second-order valence-electron chi connectivity index (χ2n) is 7.30. The minimum absolute atomic E-state index is 0.0102. The summed E-state index contributed by atoms with van der Waals surface area (Å²) in [5.41, 5.74) is 1.31. The molecule has 7 nitrogen and oxygen atoms in total. The number of hydrogen-bond acceptors (Lipinski definition) is 5. The van der Waals surface area contributed by atoms with E-state index in [0.717, 1.165) is 5.56 Å². The van der Waals surface area contributed by atoms with Gasteiger partial charge in [-0.25, -0.2) is 4.79 Å².